The topological polar surface area (TPSA) is 97.1 Å². The van der Waals surface area contributed by atoms with Crippen molar-refractivity contribution in [3.05, 3.63) is 35.2 Å². The molecule has 1 aromatic heterocycles. The first-order valence-electron chi connectivity index (χ1n) is 8.72. The highest BCUT2D eigenvalue weighted by Crippen LogP contribution is 2.25. The minimum absolute atomic E-state index is 0.00104. The lowest BCUT2D eigenvalue weighted by atomic mass is 10.1. The monoisotopic (exact) mass is 374 g/mol. The fourth-order valence-corrected chi connectivity index (χ4v) is 3.08. The molecular formula is C19H26N4O2S. The first kappa shape index (κ1) is 20.1. The SMILES string of the molecule is CC(=O)NCCCc1ccc(-c2csc(NC(=O)[C@@H](N)C(C)C)n2)cc1. The van der Waals surface area contributed by atoms with E-state index in [9.17, 15) is 9.59 Å². The van der Waals surface area contributed by atoms with Gasteiger partial charge in [-0.3, -0.25) is 9.59 Å². The first-order valence-corrected chi connectivity index (χ1v) is 9.60. The Balaban J connectivity index is 1.92. The third kappa shape index (κ3) is 5.93. The highest BCUT2D eigenvalue weighted by atomic mass is 32.1. The number of thiazole rings is 1. The van der Waals surface area contributed by atoms with E-state index in [4.69, 9.17) is 5.73 Å². The maximum Gasteiger partial charge on any atom is 0.243 e. The molecule has 4 N–H and O–H groups in total. The Hall–Kier alpha value is -2.25. The van der Waals surface area contributed by atoms with E-state index in [1.807, 2.05) is 31.4 Å². The zero-order valence-electron chi connectivity index (χ0n) is 15.4. The van der Waals surface area contributed by atoms with Crippen LogP contribution in [-0.4, -0.2) is 29.4 Å². The van der Waals surface area contributed by atoms with Crippen LogP contribution < -0.4 is 16.4 Å². The number of rotatable bonds is 8. The van der Waals surface area contributed by atoms with Crippen LogP contribution in [0.25, 0.3) is 11.3 Å². The van der Waals surface area contributed by atoms with Crippen molar-refractivity contribution in [3.63, 3.8) is 0 Å². The number of carbonyl (C=O) groups excluding carboxylic acids is 2. The molecule has 26 heavy (non-hydrogen) atoms. The lowest BCUT2D eigenvalue weighted by Crippen LogP contribution is -2.39. The van der Waals surface area contributed by atoms with Crippen LogP contribution in [-0.2, 0) is 16.0 Å². The fourth-order valence-electron chi connectivity index (χ4n) is 2.35. The first-order chi connectivity index (χ1) is 12.4. The van der Waals surface area contributed by atoms with Crippen LogP contribution in [0.15, 0.2) is 29.6 Å². The van der Waals surface area contributed by atoms with Crippen molar-refractivity contribution >= 4 is 28.3 Å². The highest BCUT2D eigenvalue weighted by Gasteiger charge is 2.18. The second-order valence-electron chi connectivity index (χ2n) is 6.58. The molecule has 0 unspecified atom stereocenters. The molecule has 0 spiro atoms. The Labute approximate surface area is 158 Å². The van der Waals surface area contributed by atoms with Crippen LogP contribution in [0.4, 0.5) is 5.13 Å². The molecule has 0 aliphatic carbocycles. The highest BCUT2D eigenvalue weighted by molar-refractivity contribution is 7.14. The molecule has 1 heterocycles. The maximum absolute atomic E-state index is 12.0. The van der Waals surface area contributed by atoms with E-state index in [2.05, 4.69) is 27.8 Å². The van der Waals surface area contributed by atoms with Gasteiger partial charge in [-0.1, -0.05) is 38.1 Å². The van der Waals surface area contributed by atoms with Gasteiger partial charge < -0.3 is 16.4 Å². The summed E-state index contributed by atoms with van der Waals surface area (Å²) >= 11 is 1.39. The third-order valence-corrected chi connectivity index (χ3v) is 4.78. The van der Waals surface area contributed by atoms with E-state index in [1.54, 1.807) is 0 Å². The molecule has 2 amide bonds. The number of anilines is 1. The van der Waals surface area contributed by atoms with E-state index < -0.39 is 6.04 Å². The van der Waals surface area contributed by atoms with E-state index in [0.717, 1.165) is 24.1 Å². The van der Waals surface area contributed by atoms with Gasteiger partial charge in [-0.2, -0.15) is 0 Å². The molecule has 6 nitrogen and oxygen atoms in total. The van der Waals surface area contributed by atoms with Gasteiger partial charge in [-0.15, -0.1) is 11.3 Å². The molecular weight excluding hydrogens is 348 g/mol. The summed E-state index contributed by atoms with van der Waals surface area (Å²) in [6.45, 7) is 6.03. The Morgan fingerprint density at radius 3 is 2.54 bits per heavy atom. The van der Waals surface area contributed by atoms with Crippen LogP contribution in [0, 0.1) is 5.92 Å². The summed E-state index contributed by atoms with van der Waals surface area (Å²) in [6, 6.07) is 7.63. The van der Waals surface area contributed by atoms with Gasteiger partial charge in [0.25, 0.3) is 0 Å². The van der Waals surface area contributed by atoms with Crippen LogP contribution in [0.2, 0.25) is 0 Å². The number of aryl methyl sites for hydroxylation is 1. The minimum atomic E-state index is -0.542. The molecule has 0 radical (unpaired) electrons. The summed E-state index contributed by atoms with van der Waals surface area (Å²) in [5, 5.41) is 8.05. The standard InChI is InChI=1S/C19H26N4O2S/c1-12(2)17(20)18(25)23-19-22-16(11-26-19)15-8-6-14(7-9-15)5-4-10-21-13(3)24/h6-9,11-12,17H,4-5,10,20H2,1-3H3,(H,21,24)(H,22,23,25)/t17-/m0/s1. The van der Waals surface area contributed by atoms with Crippen molar-refractivity contribution in [2.45, 2.75) is 39.7 Å². The molecule has 0 fully saturated rings. The van der Waals surface area contributed by atoms with Crippen molar-refractivity contribution in [3.8, 4) is 11.3 Å². The number of nitrogens with two attached hydrogens (primary N) is 1. The normalized spacial score (nSPS) is 12.0. The fraction of sp³-hybridized carbons (Fsp3) is 0.421. The number of benzene rings is 1. The summed E-state index contributed by atoms with van der Waals surface area (Å²) in [4.78, 5) is 27.3. The van der Waals surface area contributed by atoms with Gasteiger partial charge in [-0.05, 0) is 24.3 Å². The molecule has 0 bridgehead atoms. The van der Waals surface area contributed by atoms with Gasteiger partial charge in [0.05, 0.1) is 11.7 Å². The summed E-state index contributed by atoms with van der Waals surface area (Å²) < 4.78 is 0. The summed E-state index contributed by atoms with van der Waals surface area (Å²) in [6.07, 6.45) is 1.81. The summed E-state index contributed by atoms with van der Waals surface area (Å²) in [5.74, 6) is -0.135. The van der Waals surface area contributed by atoms with Crippen molar-refractivity contribution in [2.24, 2.45) is 11.7 Å². The van der Waals surface area contributed by atoms with Crippen LogP contribution in [0.1, 0.15) is 32.8 Å². The number of hydrogen-bond acceptors (Lipinski definition) is 5. The minimum Gasteiger partial charge on any atom is -0.356 e. The van der Waals surface area contributed by atoms with E-state index in [0.29, 0.717) is 11.7 Å². The number of nitrogens with zero attached hydrogens (tertiary/aromatic N) is 1. The predicted molar refractivity (Wildman–Crippen MR) is 106 cm³/mol. The molecule has 0 aliphatic heterocycles. The quantitative estimate of drug-likeness (QED) is 0.619. The largest absolute Gasteiger partial charge is 0.356 e. The van der Waals surface area contributed by atoms with Crippen LogP contribution in [0.5, 0.6) is 0 Å². The van der Waals surface area contributed by atoms with Gasteiger partial charge in [0, 0.05) is 24.4 Å². The van der Waals surface area contributed by atoms with Gasteiger partial charge >= 0.3 is 0 Å². The Bertz CT molecular complexity index is 740. The van der Waals surface area contributed by atoms with Gasteiger partial charge in [0.15, 0.2) is 5.13 Å². The van der Waals surface area contributed by atoms with Crippen molar-refractivity contribution < 1.29 is 9.59 Å². The lowest BCUT2D eigenvalue weighted by molar-refractivity contribution is -0.119. The number of amides is 2. The van der Waals surface area contributed by atoms with Crippen molar-refractivity contribution in [1.29, 1.82) is 0 Å². The molecule has 2 rings (SSSR count). The zero-order chi connectivity index (χ0) is 19.1. The second kappa shape index (κ2) is 9.45. The van der Waals surface area contributed by atoms with E-state index in [-0.39, 0.29) is 17.7 Å². The predicted octanol–water partition coefficient (Wildman–Crippen LogP) is 2.80. The lowest BCUT2D eigenvalue weighted by Gasteiger charge is -2.13. The number of aromatic nitrogens is 1. The average molecular weight is 375 g/mol. The second-order valence-corrected chi connectivity index (χ2v) is 7.44. The molecule has 140 valence electrons. The molecule has 0 saturated heterocycles. The number of hydrogen-bond donors (Lipinski definition) is 3. The summed E-state index contributed by atoms with van der Waals surface area (Å²) in [7, 11) is 0. The third-order valence-electron chi connectivity index (χ3n) is 4.02. The molecule has 1 aromatic carbocycles. The van der Waals surface area contributed by atoms with Gasteiger partial charge in [-0.25, -0.2) is 4.98 Å². The average Bonchev–Trinajstić information content (AvgIpc) is 3.06. The smallest absolute Gasteiger partial charge is 0.243 e. The van der Waals surface area contributed by atoms with E-state index >= 15 is 0 Å². The van der Waals surface area contributed by atoms with Crippen LogP contribution in [0.3, 0.4) is 0 Å². The number of carbonyl (C=O) groups is 2. The Kier molecular flexibility index (Phi) is 7.29. The maximum atomic E-state index is 12.0. The molecule has 0 aliphatic rings. The van der Waals surface area contributed by atoms with E-state index in [1.165, 1.54) is 23.8 Å². The van der Waals surface area contributed by atoms with Crippen LogP contribution >= 0.6 is 11.3 Å². The van der Waals surface area contributed by atoms with Gasteiger partial charge in [0.2, 0.25) is 11.8 Å². The Morgan fingerprint density at radius 1 is 1.23 bits per heavy atom. The Morgan fingerprint density at radius 2 is 1.92 bits per heavy atom. The molecule has 0 saturated carbocycles. The molecule has 7 heteroatoms. The van der Waals surface area contributed by atoms with Crippen molar-refractivity contribution in [2.75, 3.05) is 11.9 Å². The van der Waals surface area contributed by atoms with Crippen molar-refractivity contribution in [1.82, 2.24) is 10.3 Å². The number of nitrogens with one attached hydrogen (secondary N) is 2. The molecule has 2 aromatic rings. The summed E-state index contributed by atoms with van der Waals surface area (Å²) in [5.41, 5.74) is 8.89. The van der Waals surface area contributed by atoms with Gasteiger partial charge in [0.1, 0.15) is 0 Å². The molecule has 1 atom stereocenters. The zero-order valence-corrected chi connectivity index (χ0v) is 16.2.